The number of benzene rings is 2. The quantitative estimate of drug-likeness (QED) is 0.263. The molecule has 0 saturated carbocycles. The Morgan fingerprint density at radius 3 is 2.44 bits per heavy atom. The van der Waals surface area contributed by atoms with Crippen LogP contribution in [0, 0.1) is 0 Å². The molecule has 0 spiro atoms. The van der Waals surface area contributed by atoms with Crippen LogP contribution in [0.25, 0.3) is 11.3 Å². The van der Waals surface area contributed by atoms with Gasteiger partial charge in [0.1, 0.15) is 0 Å². The Morgan fingerprint density at radius 2 is 1.74 bits per heavy atom. The van der Waals surface area contributed by atoms with E-state index in [1.165, 1.54) is 18.2 Å². The van der Waals surface area contributed by atoms with Gasteiger partial charge in [-0.3, -0.25) is 14.9 Å². The molecule has 2 heterocycles. The molecule has 2 N–H and O–H groups in total. The topological polar surface area (TPSA) is 110 Å². The number of nitrogens with zero attached hydrogens (tertiary/aromatic N) is 3. The highest BCUT2D eigenvalue weighted by Crippen LogP contribution is 2.30. The number of carbonyl (C=O) groups excluding carboxylic acids is 2. The number of aromatic nitrogens is 3. The van der Waals surface area contributed by atoms with Gasteiger partial charge in [0.05, 0.1) is 11.3 Å². The van der Waals surface area contributed by atoms with E-state index in [0.29, 0.717) is 10.1 Å². The monoisotopic (exact) mass is 505 g/mol. The number of hydrogen-bond donors (Lipinski definition) is 2. The van der Waals surface area contributed by atoms with Crippen LogP contribution >= 0.6 is 23.1 Å². The SMILES string of the molecule is O=C(CSc1nnc(NC(=O)c2cc(-c3ccccc3)on2)s1)Nc1ccc(C(F)(F)F)cc1. The van der Waals surface area contributed by atoms with Crippen molar-refractivity contribution >= 4 is 45.7 Å². The van der Waals surface area contributed by atoms with Crippen LogP contribution in [0.4, 0.5) is 24.0 Å². The molecule has 0 unspecified atom stereocenters. The van der Waals surface area contributed by atoms with E-state index in [1.54, 1.807) is 0 Å². The van der Waals surface area contributed by atoms with Crippen LogP contribution < -0.4 is 10.6 Å². The lowest BCUT2D eigenvalue weighted by Crippen LogP contribution is -2.14. The number of hydrogen-bond acceptors (Lipinski definition) is 8. The molecule has 0 aliphatic rings. The molecule has 4 rings (SSSR count). The maximum Gasteiger partial charge on any atom is 0.416 e. The molecule has 4 aromatic rings. The van der Waals surface area contributed by atoms with Gasteiger partial charge in [-0.2, -0.15) is 13.2 Å². The zero-order valence-corrected chi connectivity index (χ0v) is 18.6. The number of anilines is 2. The van der Waals surface area contributed by atoms with Crippen molar-refractivity contribution in [2.24, 2.45) is 0 Å². The third-order valence-corrected chi connectivity index (χ3v) is 6.22. The molecule has 2 aromatic carbocycles. The third kappa shape index (κ3) is 5.99. The Balaban J connectivity index is 1.28. The van der Waals surface area contributed by atoms with Crippen molar-refractivity contribution in [1.29, 1.82) is 0 Å². The van der Waals surface area contributed by atoms with E-state index in [1.807, 2.05) is 30.3 Å². The molecule has 0 bridgehead atoms. The van der Waals surface area contributed by atoms with Gasteiger partial charge >= 0.3 is 6.18 Å². The van der Waals surface area contributed by atoms with Crippen LogP contribution in [-0.4, -0.2) is 32.9 Å². The second kappa shape index (κ2) is 10.1. The Hall–Kier alpha value is -3.71. The van der Waals surface area contributed by atoms with Gasteiger partial charge in [-0.05, 0) is 24.3 Å². The first-order chi connectivity index (χ1) is 16.3. The van der Waals surface area contributed by atoms with E-state index < -0.39 is 23.6 Å². The predicted molar refractivity (Wildman–Crippen MR) is 121 cm³/mol. The fourth-order valence-electron chi connectivity index (χ4n) is 2.67. The van der Waals surface area contributed by atoms with Gasteiger partial charge < -0.3 is 9.84 Å². The minimum absolute atomic E-state index is 0.0483. The fraction of sp³-hybridized carbons (Fsp3) is 0.0952. The Bertz CT molecular complexity index is 1290. The van der Waals surface area contributed by atoms with Crippen LogP contribution in [0.1, 0.15) is 16.1 Å². The number of thioether (sulfide) groups is 1. The van der Waals surface area contributed by atoms with Crippen LogP contribution in [0.15, 0.2) is 69.5 Å². The minimum Gasteiger partial charge on any atom is -0.355 e. The van der Waals surface area contributed by atoms with Crippen LogP contribution in [0.2, 0.25) is 0 Å². The molecule has 0 aliphatic carbocycles. The summed E-state index contributed by atoms with van der Waals surface area (Å²) >= 11 is 2.13. The standard InChI is InChI=1S/C21H14F3N5O3S2/c22-21(23,24)13-6-8-14(9-7-13)25-17(30)11-33-20-28-27-19(34-20)26-18(31)15-10-16(32-29-15)12-4-2-1-3-5-12/h1-10H,11H2,(H,25,30)(H,26,27,31). The van der Waals surface area contributed by atoms with Crippen molar-refractivity contribution in [3.63, 3.8) is 0 Å². The Labute approximate surface area is 198 Å². The smallest absolute Gasteiger partial charge is 0.355 e. The van der Waals surface area contributed by atoms with Crippen molar-refractivity contribution < 1.29 is 27.3 Å². The molecule has 2 amide bonds. The number of carbonyl (C=O) groups is 2. The number of rotatable bonds is 7. The molecule has 0 atom stereocenters. The number of halogens is 3. The molecular formula is C21H14F3N5O3S2. The average molecular weight is 506 g/mol. The van der Waals surface area contributed by atoms with Gasteiger partial charge in [-0.15, -0.1) is 10.2 Å². The first-order valence-electron chi connectivity index (χ1n) is 9.55. The number of alkyl halides is 3. The van der Waals surface area contributed by atoms with Gasteiger partial charge in [0.15, 0.2) is 15.8 Å². The first kappa shape index (κ1) is 23.4. The molecule has 0 fully saturated rings. The van der Waals surface area contributed by atoms with E-state index >= 15 is 0 Å². The van der Waals surface area contributed by atoms with E-state index in [-0.39, 0.29) is 22.3 Å². The van der Waals surface area contributed by atoms with E-state index in [9.17, 15) is 22.8 Å². The van der Waals surface area contributed by atoms with Gasteiger partial charge in [0, 0.05) is 17.3 Å². The van der Waals surface area contributed by atoms with Crippen molar-refractivity contribution in [3.8, 4) is 11.3 Å². The lowest BCUT2D eigenvalue weighted by Gasteiger charge is -2.08. The maximum absolute atomic E-state index is 12.6. The Morgan fingerprint density at radius 1 is 1.00 bits per heavy atom. The largest absolute Gasteiger partial charge is 0.416 e. The number of nitrogens with one attached hydrogen (secondary N) is 2. The molecule has 0 radical (unpaired) electrons. The zero-order valence-electron chi connectivity index (χ0n) is 17.0. The number of amides is 2. The normalized spacial score (nSPS) is 11.3. The summed E-state index contributed by atoms with van der Waals surface area (Å²) < 4.78 is 43.4. The van der Waals surface area contributed by atoms with E-state index in [4.69, 9.17) is 4.52 Å². The van der Waals surface area contributed by atoms with Crippen molar-refractivity contribution in [2.75, 3.05) is 16.4 Å². The molecule has 8 nitrogen and oxygen atoms in total. The third-order valence-electron chi connectivity index (χ3n) is 4.25. The Kier molecular flexibility index (Phi) is 6.93. The summed E-state index contributed by atoms with van der Waals surface area (Å²) in [5.41, 5.74) is 0.286. The molecule has 0 saturated heterocycles. The highest BCUT2D eigenvalue weighted by molar-refractivity contribution is 8.01. The average Bonchev–Trinajstić information content (AvgIpc) is 3.48. The van der Waals surface area contributed by atoms with Crippen molar-refractivity contribution in [3.05, 3.63) is 71.9 Å². The lowest BCUT2D eigenvalue weighted by molar-refractivity contribution is -0.137. The second-order valence-corrected chi connectivity index (χ2v) is 8.88. The summed E-state index contributed by atoms with van der Waals surface area (Å²) in [6, 6.07) is 14.8. The van der Waals surface area contributed by atoms with E-state index in [2.05, 4.69) is 26.0 Å². The highest BCUT2D eigenvalue weighted by Gasteiger charge is 2.30. The summed E-state index contributed by atoms with van der Waals surface area (Å²) in [6.45, 7) is 0. The van der Waals surface area contributed by atoms with Gasteiger partial charge in [-0.25, -0.2) is 0 Å². The zero-order chi connectivity index (χ0) is 24.1. The molecule has 0 aliphatic heterocycles. The maximum atomic E-state index is 12.6. The summed E-state index contributed by atoms with van der Waals surface area (Å²) in [7, 11) is 0. The first-order valence-corrected chi connectivity index (χ1v) is 11.3. The summed E-state index contributed by atoms with van der Waals surface area (Å²) in [4.78, 5) is 24.5. The summed E-state index contributed by atoms with van der Waals surface area (Å²) in [6.07, 6.45) is -4.44. The summed E-state index contributed by atoms with van der Waals surface area (Å²) in [5.74, 6) is -0.563. The summed E-state index contributed by atoms with van der Waals surface area (Å²) in [5, 5.41) is 16.8. The van der Waals surface area contributed by atoms with Gasteiger partial charge in [0.25, 0.3) is 5.91 Å². The van der Waals surface area contributed by atoms with Crippen molar-refractivity contribution in [2.45, 2.75) is 10.5 Å². The molecular weight excluding hydrogens is 491 g/mol. The fourth-order valence-corrected chi connectivity index (χ4v) is 4.21. The van der Waals surface area contributed by atoms with Gasteiger partial charge in [0.2, 0.25) is 11.0 Å². The second-order valence-electron chi connectivity index (χ2n) is 6.68. The van der Waals surface area contributed by atoms with Gasteiger partial charge in [-0.1, -0.05) is 58.6 Å². The molecule has 2 aromatic heterocycles. The highest BCUT2D eigenvalue weighted by atomic mass is 32.2. The predicted octanol–water partition coefficient (Wildman–Crippen LogP) is 5.20. The van der Waals surface area contributed by atoms with E-state index in [0.717, 1.165) is 40.8 Å². The lowest BCUT2D eigenvalue weighted by atomic mass is 10.1. The molecule has 174 valence electrons. The van der Waals surface area contributed by atoms with Crippen LogP contribution in [-0.2, 0) is 11.0 Å². The van der Waals surface area contributed by atoms with Crippen LogP contribution in [0.5, 0.6) is 0 Å². The minimum atomic E-state index is -4.44. The van der Waals surface area contributed by atoms with Crippen molar-refractivity contribution in [1.82, 2.24) is 15.4 Å². The molecule has 34 heavy (non-hydrogen) atoms. The molecule has 13 heteroatoms. The van der Waals surface area contributed by atoms with Crippen LogP contribution in [0.3, 0.4) is 0 Å².